The lowest BCUT2D eigenvalue weighted by Gasteiger charge is -2.06. The second-order valence-electron chi connectivity index (χ2n) is 5.31. The van der Waals surface area contributed by atoms with Gasteiger partial charge in [-0.15, -0.1) is 0 Å². The third-order valence-electron chi connectivity index (χ3n) is 3.59. The Morgan fingerprint density at radius 1 is 1.28 bits per heavy atom. The van der Waals surface area contributed by atoms with E-state index in [0.29, 0.717) is 16.8 Å². The molecule has 2 rings (SSSR count). The first kappa shape index (κ1) is 18.2. The summed E-state index contributed by atoms with van der Waals surface area (Å²) in [6.45, 7) is 4.95. The molecular formula is C17H18N2O6. The van der Waals surface area contributed by atoms with Gasteiger partial charge in [0.2, 0.25) is 5.78 Å². The van der Waals surface area contributed by atoms with Crippen LogP contribution in [0.5, 0.6) is 5.75 Å². The number of nitrogens with one attached hydrogen (secondary N) is 1. The Balaban J connectivity index is 2.15. The van der Waals surface area contributed by atoms with Crippen molar-refractivity contribution in [3.05, 3.63) is 56.9 Å². The first-order chi connectivity index (χ1) is 11.8. The second kappa shape index (κ2) is 7.61. The Morgan fingerprint density at radius 3 is 2.64 bits per heavy atom. The number of non-ortho nitro benzene ring substituents is 1. The number of benzene rings is 1. The molecule has 0 bridgehead atoms. The first-order valence-electron chi connectivity index (χ1n) is 7.61. The molecule has 1 aromatic carbocycles. The predicted octanol–water partition coefficient (Wildman–Crippen LogP) is 2.98. The fraction of sp³-hybridized carbons (Fsp3) is 0.294. The number of hydrogen-bond acceptors (Lipinski definition) is 6. The van der Waals surface area contributed by atoms with Gasteiger partial charge in [-0.1, -0.05) is 6.07 Å². The van der Waals surface area contributed by atoms with Crippen LogP contribution in [0.25, 0.3) is 0 Å². The molecule has 1 aromatic heterocycles. The Hall–Kier alpha value is -3.16. The molecule has 0 fully saturated rings. The summed E-state index contributed by atoms with van der Waals surface area (Å²) in [7, 11) is 0. The number of rotatable bonds is 7. The maximum Gasteiger partial charge on any atom is 0.355 e. The molecule has 0 atom stereocenters. The molecule has 1 heterocycles. The zero-order chi connectivity index (χ0) is 18.6. The summed E-state index contributed by atoms with van der Waals surface area (Å²) in [5, 5.41) is 10.8. The number of Topliss-reactive ketones (excluding diaryl/α,β-unsaturated/α-hetero) is 1. The summed E-state index contributed by atoms with van der Waals surface area (Å²) in [6.07, 6.45) is 0. The van der Waals surface area contributed by atoms with Crippen molar-refractivity contribution < 1.29 is 24.0 Å². The normalized spacial score (nSPS) is 10.4. The molecule has 0 aliphatic heterocycles. The van der Waals surface area contributed by atoms with Gasteiger partial charge in [-0.3, -0.25) is 14.9 Å². The van der Waals surface area contributed by atoms with E-state index in [-0.39, 0.29) is 36.1 Å². The van der Waals surface area contributed by atoms with Gasteiger partial charge in [0.05, 0.1) is 17.6 Å². The number of carbonyl (C=O) groups excluding carboxylic acids is 2. The number of aromatic amines is 1. The quantitative estimate of drug-likeness (QED) is 0.357. The average molecular weight is 346 g/mol. The van der Waals surface area contributed by atoms with E-state index in [1.165, 1.54) is 24.3 Å². The summed E-state index contributed by atoms with van der Waals surface area (Å²) in [6, 6.07) is 5.58. The number of ether oxygens (including phenoxy) is 2. The zero-order valence-electron chi connectivity index (χ0n) is 14.1. The topological polar surface area (TPSA) is 112 Å². The van der Waals surface area contributed by atoms with Crippen molar-refractivity contribution in [2.24, 2.45) is 0 Å². The summed E-state index contributed by atoms with van der Waals surface area (Å²) < 4.78 is 10.3. The summed E-state index contributed by atoms with van der Waals surface area (Å²) in [4.78, 5) is 37.4. The van der Waals surface area contributed by atoms with Crippen LogP contribution in [0.4, 0.5) is 5.69 Å². The van der Waals surface area contributed by atoms with Gasteiger partial charge in [0.25, 0.3) is 5.69 Å². The molecule has 0 saturated heterocycles. The summed E-state index contributed by atoms with van der Waals surface area (Å²) in [5.41, 5.74) is 1.49. The van der Waals surface area contributed by atoms with Gasteiger partial charge in [-0.05, 0) is 32.4 Å². The number of aromatic nitrogens is 1. The molecule has 0 amide bonds. The van der Waals surface area contributed by atoms with Crippen molar-refractivity contribution >= 4 is 17.4 Å². The lowest BCUT2D eigenvalue weighted by molar-refractivity contribution is -0.384. The van der Waals surface area contributed by atoms with E-state index < -0.39 is 10.9 Å². The van der Waals surface area contributed by atoms with Gasteiger partial charge >= 0.3 is 5.97 Å². The number of nitro benzene ring substituents is 1. The van der Waals surface area contributed by atoms with Crippen LogP contribution in [0, 0.1) is 24.0 Å². The van der Waals surface area contributed by atoms with Crippen LogP contribution in [0.3, 0.4) is 0 Å². The molecule has 0 aliphatic carbocycles. The number of aryl methyl sites for hydroxylation is 1. The van der Waals surface area contributed by atoms with E-state index in [1.54, 1.807) is 20.8 Å². The maximum absolute atomic E-state index is 12.4. The van der Waals surface area contributed by atoms with Crippen LogP contribution >= 0.6 is 0 Å². The van der Waals surface area contributed by atoms with Gasteiger partial charge in [0.15, 0.2) is 6.61 Å². The van der Waals surface area contributed by atoms with Gasteiger partial charge in [0, 0.05) is 17.3 Å². The Kier molecular flexibility index (Phi) is 5.53. The number of nitrogens with zero attached hydrogens (tertiary/aromatic N) is 1. The summed E-state index contributed by atoms with van der Waals surface area (Å²) in [5.74, 6) is -0.644. The van der Waals surface area contributed by atoms with E-state index in [2.05, 4.69) is 4.98 Å². The lowest BCUT2D eigenvalue weighted by Crippen LogP contribution is -2.13. The minimum atomic E-state index is -0.541. The molecule has 2 aromatic rings. The number of nitro groups is 1. The molecule has 0 aliphatic rings. The van der Waals surface area contributed by atoms with Crippen LogP contribution in [0.15, 0.2) is 24.3 Å². The average Bonchev–Trinajstić information content (AvgIpc) is 2.88. The van der Waals surface area contributed by atoms with Gasteiger partial charge < -0.3 is 14.5 Å². The number of H-pyrrole nitrogens is 1. The Morgan fingerprint density at radius 2 is 2.00 bits per heavy atom. The zero-order valence-corrected chi connectivity index (χ0v) is 14.1. The van der Waals surface area contributed by atoms with Crippen molar-refractivity contribution in [3.8, 4) is 5.75 Å². The molecule has 25 heavy (non-hydrogen) atoms. The molecule has 0 spiro atoms. The molecule has 8 nitrogen and oxygen atoms in total. The Labute approximate surface area is 143 Å². The molecule has 8 heteroatoms. The minimum Gasteiger partial charge on any atom is -0.485 e. The monoisotopic (exact) mass is 346 g/mol. The standard InChI is InChI=1S/C17H18N2O6/c1-4-24-17(21)16-10(2)15(11(3)18-16)14(20)9-25-13-7-5-6-12(8-13)19(22)23/h5-8,18H,4,9H2,1-3H3. The second-order valence-corrected chi connectivity index (χ2v) is 5.31. The lowest BCUT2D eigenvalue weighted by atomic mass is 10.1. The Bertz CT molecular complexity index is 825. The molecule has 0 saturated carbocycles. The van der Waals surface area contributed by atoms with Gasteiger partial charge in [-0.25, -0.2) is 4.79 Å². The highest BCUT2D eigenvalue weighted by molar-refractivity contribution is 6.03. The molecule has 0 unspecified atom stereocenters. The van der Waals surface area contributed by atoms with Crippen molar-refractivity contribution in [2.45, 2.75) is 20.8 Å². The van der Waals surface area contributed by atoms with Crippen molar-refractivity contribution in [3.63, 3.8) is 0 Å². The van der Waals surface area contributed by atoms with Crippen LogP contribution < -0.4 is 4.74 Å². The molecule has 1 N–H and O–H groups in total. The van der Waals surface area contributed by atoms with E-state index in [4.69, 9.17) is 9.47 Å². The van der Waals surface area contributed by atoms with Gasteiger partial charge in [-0.2, -0.15) is 0 Å². The number of esters is 1. The van der Waals surface area contributed by atoms with Crippen LogP contribution in [-0.2, 0) is 4.74 Å². The van der Waals surface area contributed by atoms with Crippen molar-refractivity contribution in [1.82, 2.24) is 4.98 Å². The maximum atomic E-state index is 12.4. The third-order valence-corrected chi connectivity index (χ3v) is 3.59. The molecule has 0 radical (unpaired) electrons. The predicted molar refractivity (Wildman–Crippen MR) is 89.1 cm³/mol. The van der Waals surface area contributed by atoms with E-state index >= 15 is 0 Å². The summed E-state index contributed by atoms with van der Waals surface area (Å²) >= 11 is 0. The van der Waals surface area contributed by atoms with Crippen LogP contribution in [0.2, 0.25) is 0 Å². The number of hydrogen-bond donors (Lipinski definition) is 1. The number of ketones is 1. The van der Waals surface area contributed by atoms with E-state index in [1.807, 2.05) is 0 Å². The SMILES string of the molecule is CCOC(=O)c1[nH]c(C)c(C(=O)COc2cccc([N+](=O)[O-])c2)c1C. The van der Waals surface area contributed by atoms with Crippen molar-refractivity contribution in [2.75, 3.05) is 13.2 Å². The van der Waals surface area contributed by atoms with Crippen LogP contribution in [0.1, 0.15) is 39.0 Å². The van der Waals surface area contributed by atoms with E-state index in [9.17, 15) is 19.7 Å². The highest BCUT2D eigenvalue weighted by Gasteiger charge is 2.23. The first-order valence-corrected chi connectivity index (χ1v) is 7.61. The van der Waals surface area contributed by atoms with Crippen LogP contribution in [-0.4, -0.2) is 34.9 Å². The largest absolute Gasteiger partial charge is 0.485 e. The molecule has 132 valence electrons. The number of carbonyl (C=O) groups is 2. The van der Waals surface area contributed by atoms with E-state index in [0.717, 1.165) is 0 Å². The molecular weight excluding hydrogens is 328 g/mol. The highest BCUT2D eigenvalue weighted by atomic mass is 16.6. The van der Waals surface area contributed by atoms with Gasteiger partial charge in [0.1, 0.15) is 11.4 Å². The highest BCUT2D eigenvalue weighted by Crippen LogP contribution is 2.22. The minimum absolute atomic E-state index is 0.122. The third kappa shape index (κ3) is 4.03. The smallest absolute Gasteiger partial charge is 0.355 e. The fourth-order valence-electron chi connectivity index (χ4n) is 2.48. The fourth-order valence-corrected chi connectivity index (χ4v) is 2.48. The van der Waals surface area contributed by atoms with Crippen molar-refractivity contribution in [1.29, 1.82) is 0 Å².